The number of aliphatic carboxylic acids is 1. The molecule has 5 nitrogen and oxygen atoms in total. The highest BCUT2D eigenvalue weighted by atomic mass is 79.9. The Labute approximate surface area is 123 Å². The van der Waals surface area contributed by atoms with Crippen LogP contribution in [0, 0.1) is 0 Å². The van der Waals surface area contributed by atoms with Gasteiger partial charge in [-0.3, -0.25) is 4.79 Å². The number of aromatic nitrogens is 1. The van der Waals surface area contributed by atoms with Crippen molar-refractivity contribution in [2.75, 3.05) is 11.5 Å². The quantitative estimate of drug-likeness (QED) is 0.874. The molecule has 1 aliphatic heterocycles. The summed E-state index contributed by atoms with van der Waals surface area (Å²) in [7, 11) is 0. The predicted octanol–water partition coefficient (Wildman–Crippen LogP) is 1.96. The van der Waals surface area contributed by atoms with Crippen LogP contribution in [0.2, 0.25) is 0 Å². The first-order valence-corrected chi connectivity index (χ1v) is 7.92. The highest BCUT2D eigenvalue weighted by molar-refractivity contribution is 9.10. The number of nitrogens with one attached hydrogen (secondary N) is 1. The van der Waals surface area contributed by atoms with Crippen molar-refractivity contribution in [3.8, 4) is 0 Å². The summed E-state index contributed by atoms with van der Waals surface area (Å²) in [5, 5.41) is 12.0. The van der Waals surface area contributed by atoms with Gasteiger partial charge >= 0.3 is 5.97 Å². The van der Waals surface area contributed by atoms with E-state index in [-0.39, 0.29) is 5.91 Å². The van der Waals surface area contributed by atoms with Crippen LogP contribution in [-0.2, 0) is 11.3 Å². The number of carboxylic acid groups (broad SMARTS) is 1. The summed E-state index contributed by atoms with van der Waals surface area (Å²) in [5.41, 5.74) is -0.649. The molecular weight excluding hydrogens is 332 g/mol. The topological polar surface area (TPSA) is 71.3 Å². The molecule has 1 aromatic heterocycles. The number of halogens is 1. The van der Waals surface area contributed by atoms with Crippen LogP contribution in [0.15, 0.2) is 16.7 Å². The van der Waals surface area contributed by atoms with Crippen LogP contribution in [0.5, 0.6) is 0 Å². The molecule has 0 unspecified atom stereocenters. The third-order valence-electron chi connectivity index (χ3n) is 3.22. The SMILES string of the molecule is CCn1cc(Br)cc1C(=O)N[C@]1(C(=O)O)CCSC1. The summed E-state index contributed by atoms with van der Waals surface area (Å²) in [4.78, 5) is 23.7. The van der Waals surface area contributed by atoms with E-state index in [9.17, 15) is 14.7 Å². The average Bonchev–Trinajstić information content (AvgIpc) is 2.96. The zero-order valence-corrected chi connectivity index (χ0v) is 12.9. The first kappa shape index (κ1) is 14.5. The van der Waals surface area contributed by atoms with Gasteiger partial charge in [-0.25, -0.2) is 4.79 Å². The van der Waals surface area contributed by atoms with Crippen molar-refractivity contribution in [3.05, 3.63) is 22.4 Å². The van der Waals surface area contributed by atoms with Crippen molar-refractivity contribution >= 4 is 39.6 Å². The molecule has 0 spiro atoms. The molecule has 0 saturated carbocycles. The van der Waals surface area contributed by atoms with Crippen LogP contribution in [0.4, 0.5) is 0 Å². The van der Waals surface area contributed by atoms with Gasteiger partial charge in [-0.2, -0.15) is 11.8 Å². The number of aryl methyl sites for hydroxylation is 1. The van der Waals surface area contributed by atoms with Gasteiger partial charge in [-0.05, 0) is 41.1 Å². The fraction of sp³-hybridized carbons (Fsp3) is 0.500. The van der Waals surface area contributed by atoms with E-state index in [1.54, 1.807) is 22.4 Å². The van der Waals surface area contributed by atoms with Crippen LogP contribution in [-0.4, -0.2) is 38.6 Å². The van der Waals surface area contributed by atoms with E-state index in [0.29, 0.717) is 24.4 Å². The lowest BCUT2D eigenvalue weighted by Crippen LogP contribution is -2.55. The Morgan fingerprint density at radius 2 is 2.37 bits per heavy atom. The lowest BCUT2D eigenvalue weighted by atomic mass is 9.99. The zero-order valence-electron chi connectivity index (χ0n) is 10.5. The number of carbonyl (C=O) groups excluding carboxylic acids is 1. The highest BCUT2D eigenvalue weighted by Gasteiger charge is 2.43. The normalized spacial score (nSPS) is 22.4. The molecule has 0 aliphatic carbocycles. The maximum atomic E-state index is 12.3. The maximum absolute atomic E-state index is 12.3. The first-order chi connectivity index (χ1) is 8.98. The van der Waals surface area contributed by atoms with Gasteiger partial charge in [0.15, 0.2) is 0 Å². The van der Waals surface area contributed by atoms with E-state index < -0.39 is 11.5 Å². The molecule has 0 radical (unpaired) electrons. The van der Waals surface area contributed by atoms with E-state index in [2.05, 4.69) is 21.2 Å². The minimum atomic E-state index is -1.13. The number of nitrogens with zero attached hydrogens (tertiary/aromatic N) is 1. The van der Waals surface area contributed by atoms with Gasteiger partial charge in [0.05, 0.1) is 0 Å². The van der Waals surface area contributed by atoms with Gasteiger partial charge in [0.2, 0.25) is 0 Å². The van der Waals surface area contributed by atoms with Crippen LogP contribution in [0.1, 0.15) is 23.8 Å². The second kappa shape index (κ2) is 5.58. The Kier molecular flexibility index (Phi) is 4.25. The standard InChI is InChI=1S/C12H15BrN2O3S/c1-2-15-6-8(13)5-9(15)10(16)14-12(11(17)18)3-4-19-7-12/h5-6H,2-4,7H2,1H3,(H,14,16)(H,17,18)/t12-/m1/s1. The van der Waals surface area contributed by atoms with Gasteiger partial charge in [-0.15, -0.1) is 0 Å². The van der Waals surface area contributed by atoms with E-state index in [1.165, 1.54) is 0 Å². The van der Waals surface area contributed by atoms with Crippen molar-refractivity contribution in [2.45, 2.75) is 25.4 Å². The van der Waals surface area contributed by atoms with Crippen LogP contribution >= 0.6 is 27.7 Å². The molecule has 1 aliphatic rings. The maximum Gasteiger partial charge on any atom is 0.330 e. The number of thioether (sulfide) groups is 1. The first-order valence-electron chi connectivity index (χ1n) is 5.98. The third kappa shape index (κ3) is 2.81. The molecule has 7 heteroatoms. The van der Waals surface area contributed by atoms with Gasteiger partial charge in [-0.1, -0.05) is 0 Å². The number of amides is 1. The van der Waals surface area contributed by atoms with Crippen molar-refractivity contribution in [3.63, 3.8) is 0 Å². The average molecular weight is 347 g/mol. The van der Waals surface area contributed by atoms with Crippen LogP contribution < -0.4 is 5.32 Å². The van der Waals surface area contributed by atoms with Gasteiger partial charge in [0, 0.05) is 23.0 Å². The molecule has 2 rings (SSSR count). The van der Waals surface area contributed by atoms with Gasteiger partial charge in [0.1, 0.15) is 11.2 Å². The minimum Gasteiger partial charge on any atom is -0.479 e. The Morgan fingerprint density at radius 1 is 1.63 bits per heavy atom. The molecule has 1 amide bonds. The molecular formula is C12H15BrN2O3S. The third-order valence-corrected chi connectivity index (χ3v) is 4.84. The number of carbonyl (C=O) groups is 2. The second-order valence-electron chi connectivity index (χ2n) is 4.47. The number of hydrogen-bond acceptors (Lipinski definition) is 3. The summed E-state index contributed by atoms with van der Waals surface area (Å²) >= 11 is 4.88. The van der Waals surface area contributed by atoms with E-state index in [4.69, 9.17) is 0 Å². The number of carboxylic acids is 1. The van der Waals surface area contributed by atoms with Crippen molar-refractivity contribution < 1.29 is 14.7 Å². The fourth-order valence-electron chi connectivity index (χ4n) is 2.09. The predicted molar refractivity (Wildman–Crippen MR) is 77.6 cm³/mol. The molecule has 104 valence electrons. The van der Waals surface area contributed by atoms with Gasteiger partial charge in [0.25, 0.3) is 5.91 Å². The minimum absolute atomic E-state index is 0.336. The molecule has 1 saturated heterocycles. The van der Waals surface area contributed by atoms with Crippen molar-refractivity contribution in [1.82, 2.24) is 9.88 Å². The Morgan fingerprint density at radius 3 is 2.89 bits per heavy atom. The second-order valence-corrected chi connectivity index (χ2v) is 6.49. The molecule has 19 heavy (non-hydrogen) atoms. The molecule has 0 aromatic carbocycles. The van der Waals surface area contributed by atoms with Crippen molar-refractivity contribution in [2.24, 2.45) is 0 Å². The highest BCUT2D eigenvalue weighted by Crippen LogP contribution is 2.29. The summed E-state index contributed by atoms with van der Waals surface area (Å²) in [5.74, 6) is -0.121. The van der Waals surface area contributed by atoms with Gasteiger partial charge < -0.3 is 15.0 Å². The molecule has 2 N–H and O–H groups in total. The number of hydrogen-bond donors (Lipinski definition) is 2. The Hall–Kier alpha value is -0.950. The fourth-order valence-corrected chi connectivity index (χ4v) is 3.88. The number of rotatable bonds is 4. The Bertz CT molecular complexity index is 509. The van der Waals surface area contributed by atoms with Crippen LogP contribution in [0.25, 0.3) is 0 Å². The summed E-state index contributed by atoms with van der Waals surface area (Å²) < 4.78 is 2.60. The summed E-state index contributed by atoms with van der Waals surface area (Å²) in [6, 6.07) is 1.70. The molecule has 0 bridgehead atoms. The van der Waals surface area contributed by atoms with Crippen molar-refractivity contribution in [1.29, 1.82) is 0 Å². The zero-order chi connectivity index (χ0) is 14.0. The lowest BCUT2D eigenvalue weighted by Gasteiger charge is -2.24. The monoisotopic (exact) mass is 346 g/mol. The molecule has 1 fully saturated rings. The van der Waals surface area contributed by atoms with E-state index in [0.717, 1.165) is 10.2 Å². The smallest absolute Gasteiger partial charge is 0.330 e. The summed E-state index contributed by atoms with van der Waals surface area (Å²) in [6.07, 6.45) is 2.28. The molecule has 2 heterocycles. The summed E-state index contributed by atoms with van der Waals surface area (Å²) in [6.45, 7) is 2.59. The van der Waals surface area contributed by atoms with E-state index >= 15 is 0 Å². The molecule has 1 atom stereocenters. The largest absolute Gasteiger partial charge is 0.479 e. The van der Waals surface area contributed by atoms with Crippen LogP contribution in [0.3, 0.4) is 0 Å². The lowest BCUT2D eigenvalue weighted by molar-refractivity contribution is -0.143. The van der Waals surface area contributed by atoms with E-state index in [1.807, 2.05) is 13.1 Å². The molecule has 1 aromatic rings. The Balaban J connectivity index is 2.22.